The Labute approximate surface area is 164 Å². The Morgan fingerprint density at radius 2 is 1.89 bits per heavy atom. The van der Waals surface area contributed by atoms with Gasteiger partial charge in [0.15, 0.2) is 5.78 Å². The van der Waals surface area contributed by atoms with Crippen molar-refractivity contribution in [3.05, 3.63) is 58.4 Å². The zero-order chi connectivity index (χ0) is 20.3. The van der Waals surface area contributed by atoms with Crippen molar-refractivity contribution in [1.82, 2.24) is 15.3 Å². The van der Waals surface area contributed by atoms with Crippen molar-refractivity contribution < 1.29 is 22.8 Å². The molecule has 1 amide bonds. The fourth-order valence-corrected chi connectivity index (χ4v) is 3.61. The molecule has 1 aliphatic carbocycles. The SMILES string of the molecule is O=C(CNC(=O)C(F)F)c1cnc(CC2(c3cc(F)ccc3Cl)CCC2)nc1. The van der Waals surface area contributed by atoms with Gasteiger partial charge in [0.25, 0.3) is 5.91 Å². The first kappa shape index (κ1) is 20.3. The minimum atomic E-state index is -3.18. The van der Waals surface area contributed by atoms with E-state index in [9.17, 15) is 22.8 Å². The average molecular weight is 412 g/mol. The van der Waals surface area contributed by atoms with Crippen LogP contribution in [0.15, 0.2) is 30.6 Å². The molecule has 0 unspecified atom stereocenters. The smallest absolute Gasteiger partial charge is 0.315 e. The van der Waals surface area contributed by atoms with Crippen LogP contribution in [-0.2, 0) is 16.6 Å². The number of carbonyl (C=O) groups is 2. The van der Waals surface area contributed by atoms with Gasteiger partial charge < -0.3 is 5.32 Å². The predicted octanol–water partition coefficient (Wildman–Crippen LogP) is 3.50. The maximum Gasteiger partial charge on any atom is 0.315 e. The molecule has 1 aromatic carbocycles. The number of halogens is 4. The van der Waals surface area contributed by atoms with Crippen LogP contribution in [0.5, 0.6) is 0 Å². The zero-order valence-corrected chi connectivity index (χ0v) is 15.5. The van der Waals surface area contributed by atoms with Crippen molar-refractivity contribution in [3.63, 3.8) is 0 Å². The molecule has 28 heavy (non-hydrogen) atoms. The van der Waals surface area contributed by atoms with Gasteiger partial charge in [-0.05, 0) is 36.6 Å². The standard InChI is InChI=1S/C19H17ClF3N3O2/c20-14-3-2-12(21)6-13(14)19(4-1-5-19)7-16-24-8-11(9-25-16)15(27)10-26-18(28)17(22)23/h2-3,6,8-9,17H,1,4-5,7,10H2,(H,26,28). The van der Waals surface area contributed by atoms with Crippen LogP contribution in [0.2, 0.25) is 5.02 Å². The van der Waals surface area contributed by atoms with Crippen LogP contribution in [0.3, 0.4) is 0 Å². The van der Waals surface area contributed by atoms with Gasteiger partial charge >= 0.3 is 6.43 Å². The highest BCUT2D eigenvalue weighted by atomic mass is 35.5. The quantitative estimate of drug-likeness (QED) is 0.708. The number of aromatic nitrogens is 2. The van der Waals surface area contributed by atoms with Crippen LogP contribution >= 0.6 is 11.6 Å². The lowest BCUT2D eigenvalue weighted by Gasteiger charge is -2.42. The third-order valence-corrected chi connectivity index (χ3v) is 5.29. The molecule has 3 rings (SSSR count). The lowest BCUT2D eigenvalue weighted by atomic mass is 9.62. The molecule has 1 aliphatic rings. The second kappa shape index (κ2) is 8.26. The maximum atomic E-state index is 13.7. The van der Waals surface area contributed by atoms with Crippen LogP contribution < -0.4 is 5.32 Å². The van der Waals surface area contributed by atoms with E-state index in [2.05, 4.69) is 9.97 Å². The first-order chi connectivity index (χ1) is 13.3. The first-order valence-corrected chi connectivity index (χ1v) is 9.04. The summed E-state index contributed by atoms with van der Waals surface area (Å²) in [6.45, 7) is -0.561. The number of Topliss-reactive ketones (excluding diaryl/α,β-unsaturated/α-hetero) is 1. The van der Waals surface area contributed by atoms with Crippen LogP contribution in [0.25, 0.3) is 0 Å². The molecule has 148 valence electrons. The third kappa shape index (κ3) is 4.32. The monoisotopic (exact) mass is 411 g/mol. The molecule has 1 heterocycles. The molecule has 0 bridgehead atoms. The van der Waals surface area contributed by atoms with E-state index in [1.165, 1.54) is 30.6 Å². The van der Waals surface area contributed by atoms with Gasteiger partial charge in [-0.25, -0.2) is 14.4 Å². The topological polar surface area (TPSA) is 72.0 Å². The minimum absolute atomic E-state index is 0.102. The van der Waals surface area contributed by atoms with E-state index in [1.54, 1.807) is 0 Å². The van der Waals surface area contributed by atoms with Gasteiger partial charge in [0, 0.05) is 29.3 Å². The van der Waals surface area contributed by atoms with E-state index in [1.807, 2.05) is 5.32 Å². The third-order valence-electron chi connectivity index (χ3n) is 4.96. The van der Waals surface area contributed by atoms with E-state index in [0.29, 0.717) is 17.3 Å². The lowest BCUT2D eigenvalue weighted by Crippen LogP contribution is -2.37. The van der Waals surface area contributed by atoms with Crippen LogP contribution in [0, 0.1) is 5.82 Å². The first-order valence-electron chi connectivity index (χ1n) is 8.66. The molecule has 0 spiro atoms. The van der Waals surface area contributed by atoms with Crippen molar-refractivity contribution in [3.8, 4) is 0 Å². The Hall–Kier alpha value is -2.48. The molecule has 0 radical (unpaired) electrons. The van der Waals surface area contributed by atoms with Crippen LogP contribution in [-0.4, -0.2) is 34.6 Å². The second-order valence-corrected chi connectivity index (χ2v) is 7.17. The molecule has 0 saturated heterocycles. The van der Waals surface area contributed by atoms with E-state index < -0.39 is 24.7 Å². The fraction of sp³-hybridized carbons (Fsp3) is 0.368. The number of nitrogens with one attached hydrogen (secondary N) is 1. The molecule has 5 nitrogen and oxygen atoms in total. The van der Waals surface area contributed by atoms with Gasteiger partial charge in [-0.1, -0.05) is 18.0 Å². The molecule has 9 heteroatoms. The summed E-state index contributed by atoms with van der Waals surface area (Å²) in [4.78, 5) is 31.1. The van der Waals surface area contributed by atoms with Crippen molar-refractivity contribution in [2.45, 2.75) is 37.5 Å². The van der Waals surface area contributed by atoms with E-state index in [0.717, 1.165) is 24.8 Å². The number of amides is 1. The highest BCUT2D eigenvalue weighted by molar-refractivity contribution is 6.31. The summed E-state index contributed by atoms with van der Waals surface area (Å²) in [5.41, 5.74) is 0.472. The summed E-state index contributed by atoms with van der Waals surface area (Å²) >= 11 is 6.27. The van der Waals surface area contributed by atoms with Gasteiger partial charge in [0.1, 0.15) is 11.6 Å². The summed E-state index contributed by atoms with van der Waals surface area (Å²) < 4.78 is 38.0. The van der Waals surface area contributed by atoms with Crippen molar-refractivity contribution in [1.29, 1.82) is 0 Å². The Kier molecular flexibility index (Phi) is 5.98. The Morgan fingerprint density at radius 1 is 1.21 bits per heavy atom. The largest absolute Gasteiger partial charge is 0.344 e. The van der Waals surface area contributed by atoms with Gasteiger partial charge in [0.2, 0.25) is 0 Å². The van der Waals surface area contributed by atoms with Crippen LogP contribution in [0.1, 0.15) is 41.0 Å². The van der Waals surface area contributed by atoms with E-state index in [-0.39, 0.29) is 16.8 Å². The number of nitrogens with zero attached hydrogens (tertiary/aromatic N) is 2. The number of ketones is 1. The number of alkyl halides is 2. The molecular weight excluding hydrogens is 395 g/mol. The molecule has 1 fully saturated rings. The van der Waals surface area contributed by atoms with Crippen LogP contribution in [0.4, 0.5) is 13.2 Å². The highest BCUT2D eigenvalue weighted by Crippen LogP contribution is 2.48. The minimum Gasteiger partial charge on any atom is -0.344 e. The lowest BCUT2D eigenvalue weighted by molar-refractivity contribution is -0.131. The second-order valence-electron chi connectivity index (χ2n) is 6.76. The van der Waals surface area contributed by atoms with Gasteiger partial charge in [0.05, 0.1) is 12.1 Å². The summed E-state index contributed by atoms with van der Waals surface area (Å²) in [6, 6.07) is 4.27. The number of carbonyl (C=O) groups excluding carboxylic acids is 2. The Morgan fingerprint density at radius 3 is 2.46 bits per heavy atom. The van der Waals surface area contributed by atoms with Gasteiger partial charge in [-0.2, -0.15) is 8.78 Å². The van der Waals surface area contributed by atoms with E-state index in [4.69, 9.17) is 11.6 Å². The molecule has 2 aromatic rings. The normalized spacial score (nSPS) is 15.2. The number of hydrogen-bond acceptors (Lipinski definition) is 4. The molecule has 1 aromatic heterocycles. The number of benzene rings is 1. The predicted molar refractivity (Wildman–Crippen MR) is 96.0 cm³/mol. The maximum absolute atomic E-state index is 13.7. The Bertz CT molecular complexity index is 886. The summed E-state index contributed by atoms with van der Waals surface area (Å²) in [6.07, 6.45) is 2.46. The highest BCUT2D eigenvalue weighted by Gasteiger charge is 2.41. The zero-order valence-electron chi connectivity index (χ0n) is 14.7. The molecule has 1 N–H and O–H groups in total. The molecular formula is C19H17ClF3N3O2. The van der Waals surface area contributed by atoms with Gasteiger partial charge in [-0.15, -0.1) is 0 Å². The molecule has 0 atom stereocenters. The number of rotatable bonds is 7. The average Bonchev–Trinajstić information content (AvgIpc) is 2.65. The summed E-state index contributed by atoms with van der Waals surface area (Å²) in [5.74, 6) is -1.98. The number of hydrogen-bond donors (Lipinski definition) is 1. The van der Waals surface area contributed by atoms with Crippen molar-refractivity contribution in [2.24, 2.45) is 0 Å². The van der Waals surface area contributed by atoms with E-state index >= 15 is 0 Å². The molecule has 0 aliphatic heterocycles. The Balaban J connectivity index is 1.70. The molecule has 1 saturated carbocycles. The van der Waals surface area contributed by atoms with Gasteiger partial charge in [-0.3, -0.25) is 9.59 Å². The van der Waals surface area contributed by atoms with Crippen molar-refractivity contribution in [2.75, 3.05) is 6.54 Å². The fourth-order valence-electron chi connectivity index (χ4n) is 3.29. The summed E-state index contributed by atoms with van der Waals surface area (Å²) in [5, 5.41) is 2.33. The van der Waals surface area contributed by atoms with Crippen molar-refractivity contribution >= 4 is 23.3 Å². The summed E-state index contributed by atoms with van der Waals surface area (Å²) in [7, 11) is 0.